The van der Waals surface area contributed by atoms with Gasteiger partial charge in [0.05, 0.1) is 16.3 Å². The Bertz CT molecular complexity index is 1040. The van der Waals surface area contributed by atoms with Crippen LogP contribution in [-0.2, 0) is 4.74 Å². The number of ether oxygens (including phenoxy) is 1. The lowest BCUT2D eigenvalue weighted by atomic mass is 10.1. The summed E-state index contributed by atoms with van der Waals surface area (Å²) in [6.45, 7) is 10.1. The van der Waals surface area contributed by atoms with Gasteiger partial charge in [-0.2, -0.15) is 0 Å². The zero-order chi connectivity index (χ0) is 23.8. The van der Waals surface area contributed by atoms with Gasteiger partial charge in [0.1, 0.15) is 22.4 Å². The van der Waals surface area contributed by atoms with E-state index in [1.165, 1.54) is 6.07 Å². The topological polar surface area (TPSA) is 69.5 Å². The Labute approximate surface area is 197 Å². The number of hydrogen-bond donors (Lipinski definition) is 1. The van der Waals surface area contributed by atoms with E-state index in [1.807, 2.05) is 39.5 Å². The third-order valence-electron chi connectivity index (χ3n) is 5.21. The molecule has 2 heterocycles. The first-order chi connectivity index (χ1) is 14.9. The molecule has 9 heteroatoms. The first kappa shape index (κ1) is 24.3. The summed E-state index contributed by atoms with van der Waals surface area (Å²) in [6.07, 6.45) is -0.375. The quantitative estimate of drug-likeness (QED) is 0.332. The number of amidine groups is 1. The highest BCUT2D eigenvalue weighted by molar-refractivity contribution is 6.36. The van der Waals surface area contributed by atoms with Gasteiger partial charge in [-0.1, -0.05) is 35.3 Å². The van der Waals surface area contributed by atoms with Gasteiger partial charge in [0.2, 0.25) is 0 Å². The average molecular weight is 481 g/mol. The number of amides is 1. The molecular weight excluding hydrogens is 454 g/mol. The summed E-state index contributed by atoms with van der Waals surface area (Å²) in [5.74, 6) is -0.311. The van der Waals surface area contributed by atoms with E-state index in [9.17, 15) is 9.18 Å². The molecule has 0 spiro atoms. The van der Waals surface area contributed by atoms with Crippen LogP contribution in [0.2, 0.25) is 10.2 Å². The molecule has 2 aromatic rings. The monoisotopic (exact) mass is 480 g/mol. The van der Waals surface area contributed by atoms with Crippen molar-refractivity contribution in [3.05, 3.63) is 51.9 Å². The van der Waals surface area contributed by atoms with Crippen LogP contribution < -0.4 is 0 Å². The number of carbonyl (C=O) groups excluding carboxylic acids is 1. The molecule has 32 heavy (non-hydrogen) atoms. The van der Waals surface area contributed by atoms with E-state index < -0.39 is 11.4 Å². The third-order valence-corrected chi connectivity index (χ3v) is 5.79. The fourth-order valence-electron chi connectivity index (χ4n) is 3.64. The molecule has 1 aromatic carbocycles. The van der Waals surface area contributed by atoms with Gasteiger partial charge >= 0.3 is 6.09 Å². The van der Waals surface area contributed by atoms with Crippen LogP contribution in [0.5, 0.6) is 0 Å². The van der Waals surface area contributed by atoms with Crippen LogP contribution in [0.25, 0.3) is 11.3 Å². The summed E-state index contributed by atoms with van der Waals surface area (Å²) < 4.78 is 19.7. The first-order valence-corrected chi connectivity index (χ1v) is 11.1. The van der Waals surface area contributed by atoms with Crippen molar-refractivity contribution < 1.29 is 13.9 Å². The van der Waals surface area contributed by atoms with E-state index in [4.69, 9.17) is 33.3 Å². The zero-order valence-electron chi connectivity index (χ0n) is 18.7. The van der Waals surface area contributed by atoms with Crippen molar-refractivity contribution in [3.63, 3.8) is 0 Å². The van der Waals surface area contributed by atoms with Crippen LogP contribution in [0.1, 0.15) is 40.2 Å². The number of aromatic nitrogens is 1. The van der Waals surface area contributed by atoms with Gasteiger partial charge in [-0.25, -0.2) is 14.2 Å². The Morgan fingerprint density at radius 3 is 2.38 bits per heavy atom. The molecule has 172 valence electrons. The number of piperazine rings is 1. The Kier molecular flexibility index (Phi) is 7.00. The summed E-state index contributed by atoms with van der Waals surface area (Å²) in [4.78, 5) is 20.4. The van der Waals surface area contributed by atoms with Crippen LogP contribution in [0.15, 0.2) is 30.3 Å². The van der Waals surface area contributed by atoms with Crippen molar-refractivity contribution in [2.24, 2.45) is 0 Å². The minimum Gasteiger partial charge on any atom is -0.444 e. The molecule has 6 nitrogen and oxygen atoms in total. The molecule has 1 aromatic heterocycles. The number of nitrogens with one attached hydrogen (secondary N) is 1. The number of hydrogen-bond acceptors (Lipinski definition) is 4. The van der Waals surface area contributed by atoms with Gasteiger partial charge in [0.15, 0.2) is 0 Å². The molecule has 0 saturated carbocycles. The molecule has 0 bridgehead atoms. The van der Waals surface area contributed by atoms with Crippen molar-refractivity contribution in [1.29, 1.82) is 5.41 Å². The summed E-state index contributed by atoms with van der Waals surface area (Å²) in [6, 6.07) is 7.37. The minimum absolute atomic E-state index is 0.0621. The van der Waals surface area contributed by atoms with Crippen molar-refractivity contribution in [2.75, 3.05) is 13.1 Å². The SMILES string of the molecule is C[C@@H]1CN(C(=N)c2cc(Cl)c(-c3ccccc3F)nc2Cl)[C@@H](C)CN1C(=O)OC(C)(C)C. The lowest BCUT2D eigenvalue weighted by Crippen LogP contribution is -2.60. The van der Waals surface area contributed by atoms with E-state index in [1.54, 1.807) is 29.2 Å². The summed E-state index contributed by atoms with van der Waals surface area (Å²) in [7, 11) is 0. The summed E-state index contributed by atoms with van der Waals surface area (Å²) in [5, 5.41) is 9.01. The smallest absolute Gasteiger partial charge is 0.410 e. The van der Waals surface area contributed by atoms with Crippen molar-refractivity contribution in [3.8, 4) is 11.3 Å². The van der Waals surface area contributed by atoms with Crippen LogP contribution in [0.4, 0.5) is 9.18 Å². The standard InChI is InChI=1S/C23H27Cl2FN4O2/c1-13-12-30(22(31)32-23(3,4)5)14(2)11-29(13)21(27)16-10-17(24)19(28-20(16)25)15-8-6-7-9-18(15)26/h6-10,13-14,27H,11-12H2,1-5H3/t13-,14+/m0/s1. The summed E-state index contributed by atoms with van der Waals surface area (Å²) >= 11 is 12.8. The Hall–Kier alpha value is -2.38. The van der Waals surface area contributed by atoms with Crippen molar-refractivity contribution in [1.82, 2.24) is 14.8 Å². The number of nitrogens with zero attached hydrogens (tertiary/aromatic N) is 3. The fraction of sp³-hybridized carbons (Fsp3) is 0.435. The van der Waals surface area contributed by atoms with Crippen LogP contribution in [-0.4, -0.2) is 57.5 Å². The molecule has 0 radical (unpaired) electrons. The van der Waals surface area contributed by atoms with Crippen molar-refractivity contribution >= 4 is 35.1 Å². The number of carbonyl (C=O) groups is 1. The van der Waals surface area contributed by atoms with Crippen LogP contribution in [0, 0.1) is 11.2 Å². The number of pyridine rings is 1. The van der Waals surface area contributed by atoms with E-state index in [0.717, 1.165) is 0 Å². The normalized spacial score (nSPS) is 19.1. The molecule has 0 unspecified atom stereocenters. The second-order valence-electron chi connectivity index (χ2n) is 8.97. The molecule has 1 fully saturated rings. The molecule has 1 aliphatic rings. The van der Waals surface area contributed by atoms with Gasteiger partial charge in [0, 0.05) is 30.7 Å². The van der Waals surface area contributed by atoms with E-state index in [2.05, 4.69) is 4.98 Å². The second kappa shape index (κ2) is 9.24. The first-order valence-electron chi connectivity index (χ1n) is 10.3. The summed E-state index contributed by atoms with van der Waals surface area (Å²) in [5.41, 5.74) is 0.231. The highest BCUT2D eigenvalue weighted by Gasteiger charge is 2.36. The van der Waals surface area contributed by atoms with Gasteiger partial charge in [-0.05, 0) is 52.8 Å². The lowest BCUT2D eigenvalue weighted by molar-refractivity contribution is 0.000408. The Morgan fingerprint density at radius 2 is 1.75 bits per heavy atom. The van der Waals surface area contributed by atoms with E-state index >= 15 is 0 Å². The Balaban J connectivity index is 1.83. The minimum atomic E-state index is -0.584. The van der Waals surface area contributed by atoms with Gasteiger partial charge in [0.25, 0.3) is 0 Å². The lowest BCUT2D eigenvalue weighted by Gasteiger charge is -2.45. The van der Waals surface area contributed by atoms with Gasteiger partial charge in [-0.15, -0.1) is 0 Å². The predicted octanol–water partition coefficient (Wildman–Crippen LogP) is 5.85. The molecule has 2 atom stereocenters. The average Bonchev–Trinajstić information content (AvgIpc) is 2.69. The van der Waals surface area contributed by atoms with E-state index in [0.29, 0.717) is 18.7 Å². The largest absolute Gasteiger partial charge is 0.444 e. The molecule has 0 aliphatic carbocycles. The molecule has 1 aliphatic heterocycles. The zero-order valence-corrected chi connectivity index (χ0v) is 20.3. The fourth-order valence-corrected chi connectivity index (χ4v) is 4.12. The molecule has 1 saturated heterocycles. The second-order valence-corrected chi connectivity index (χ2v) is 9.73. The maximum atomic E-state index is 14.2. The van der Waals surface area contributed by atoms with Crippen LogP contribution in [0.3, 0.4) is 0 Å². The highest BCUT2D eigenvalue weighted by atomic mass is 35.5. The number of halogens is 3. The van der Waals surface area contributed by atoms with Gasteiger partial charge in [-0.3, -0.25) is 5.41 Å². The number of benzene rings is 1. The third kappa shape index (κ3) is 5.15. The predicted molar refractivity (Wildman–Crippen MR) is 125 cm³/mol. The molecule has 1 N–H and O–H groups in total. The maximum absolute atomic E-state index is 14.2. The van der Waals surface area contributed by atoms with Crippen LogP contribution >= 0.6 is 23.2 Å². The van der Waals surface area contributed by atoms with E-state index in [-0.39, 0.29) is 45.4 Å². The molecular formula is C23H27Cl2FN4O2. The molecule has 3 rings (SSSR count). The maximum Gasteiger partial charge on any atom is 0.410 e. The van der Waals surface area contributed by atoms with Crippen molar-refractivity contribution in [2.45, 2.75) is 52.3 Å². The number of rotatable bonds is 2. The van der Waals surface area contributed by atoms with Gasteiger partial charge < -0.3 is 14.5 Å². The Morgan fingerprint density at radius 1 is 1.16 bits per heavy atom. The molecule has 1 amide bonds. The highest BCUT2D eigenvalue weighted by Crippen LogP contribution is 2.32.